The summed E-state index contributed by atoms with van der Waals surface area (Å²) in [6.45, 7) is 0.484. The lowest BCUT2D eigenvalue weighted by Gasteiger charge is -2.03. The van der Waals surface area contributed by atoms with Crippen molar-refractivity contribution in [3.63, 3.8) is 0 Å². The summed E-state index contributed by atoms with van der Waals surface area (Å²) < 4.78 is 6.96. The van der Waals surface area contributed by atoms with E-state index in [1.807, 2.05) is 24.3 Å². The van der Waals surface area contributed by atoms with Gasteiger partial charge in [0.15, 0.2) is 5.65 Å². The van der Waals surface area contributed by atoms with Gasteiger partial charge in [0.05, 0.1) is 18.4 Å². The van der Waals surface area contributed by atoms with Crippen LogP contribution >= 0.6 is 11.6 Å². The van der Waals surface area contributed by atoms with Gasteiger partial charge in [0.2, 0.25) is 5.82 Å². The fourth-order valence-electron chi connectivity index (χ4n) is 2.23. The molecule has 0 atom stereocenters. The Hall–Kier alpha value is -2.93. The van der Waals surface area contributed by atoms with Crippen molar-refractivity contribution >= 4 is 23.3 Å². The molecule has 0 aliphatic rings. The molecule has 0 aliphatic carbocycles. The van der Waals surface area contributed by atoms with Crippen molar-refractivity contribution in [1.82, 2.24) is 24.7 Å². The minimum absolute atomic E-state index is 0.331. The lowest BCUT2D eigenvalue weighted by Crippen LogP contribution is -2.06. The number of nitrogens with zero attached hydrogens (tertiary/aromatic N) is 5. The van der Waals surface area contributed by atoms with Crippen LogP contribution in [0.2, 0.25) is 5.02 Å². The Morgan fingerprint density at radius 1 is 1.17 bits per heavy atom. The van der Waals surface area contributed by atoms with Gasteiger partial charge in [-0.2, -0.15) is 10.1 Å². The predicted molar refractivity (Wildman–Crippen MR) is 85.1 cm³/mol. The van der Waals surface area contributed by atoms with Gasteiger partial charge >= 0.3 is 6.01 Å². The summed E-state index contributed by atoms with van der Waals surface area (Å²) >= 11 is 5.97. The van der Waals surface area contributed by atoms with E-state index in [-0.39, 0.29) is 0 Å². The van der Waals surface area contributed by atoms with Gasteiger partial charge < -0.3 is 9.84 Å². The van der Waals surface area contributed by atoms with Crippen molar-refractivity contribution in [2.45, 2.75) is 6.54 Å². The molecule has 0 spiro atoms. The van der Waals surface area contributed by atoms with E-state index in [9.17, 15) is 0 Å². The second kappa shape index (κ2) is 5.69. The molecule has 0 fully saturated rings. The maximum Gasteiger partial charge on any atom is 0.322 e. The van der Waals surface area contributed by atoms with Crippen molar-refractivity contribution in [1.29, 1.82) is 0 Å². The van der Waals surface area contributed by atoms with E-state index in [1.54, 1.807) is 29.0 Å². The molecule has 23 heavy (non-hydrogen) atoms. The predicted octanol–water partition coefficient (Wildman–Crippen LogP) is 3.04. The van der Waals surface area contributed by atoms with Crippen LogP contribution in [0.15, 0.2) is 53.3 Å². The standard InChI is InChI=1S/C15H11ClN6O/c16-11-3-1-2-10(8-11)14-20-15(23-21-14)18-9-12-4-6-17-13-5-7-19-22(12)13/h1-8H,9H2,(H,18,20,21). The highest BCUT2D eigenvalue weighted by Gasteiger charge is 2.09. The Labute approximate surface area is 135 Å². The van der Waals surface area contributed by atoms with Gasteiger partial charge in [-0.05, 0) is 18.2 Å². The van der Waals surface area contributed by atoms with Crippen molar-refractivity contribution < 1.29 is 4.52 Å². The maximum atomic E-state index is 5.97. The molecule has 0 radical (unpaired) electrons. The smallest absolute Gasteiger partial charge is 0.322 e. The summed E-state index contributed by atoms with van der Waals surface area (Å²) in [4.78, 5) is 8.53. The molecule has 0 bridgehead atoms. The Morgan fingerprint density at radius 3 is 3.04 bits per heavy atom. The molecule has 4 aromatic rings. The minimum atomic E-state index is 0.331. The van der Waals surface area contributed by atoms with Crippen LogP contribution in [0.4, 0.5) is 6.01 Å². The third-order valence-corrected chi connectivity index (χ3v) is 3.53. The van der Waals surface area contributed by atoms with Crippen LogP contribution in [0.5, 0.6) is 0 Å². The van der Waals surface area contributed by atoms with Crippen LogP contribution < -0.4 is 5.32 Å². The molecule has 3 heterocycles. The highest BCUT2D eigenvalue weighted by atomic mass is 35.5. The number of nitrogens with one attached hydrogen (secondary N) is 1. The van der Waals surface area contributed by atoms with Crippen molar-refractivity contribution in [3.05, 3.63) is 59.5 Å². The van der Waals surface area contributed by atoms with E-state index >= 15 is 0 Å². The maximum absolute atomic E-state index is 5.97. The normalized spacial score (nSPS) is 11.0. The molecule has 3 aromatic heterocycles. The summed E-state index contributed by atoms with van der Waals surface area (Å²) in [5.74, 6) is 0.481. The van der Waals surface area contributed by atoms with Crippen molar-refractivity contribution in [3.8, 4) is 11.4 Å². The zero-order valence-corrected chi connectivity index (χ0v) is 12.6. The first-order chi connectivity index (χ1) is 11.3. The van der Waals surface area contributed by atoms with E-state index in [0.717, 1.165) is 16.9 Å². The van der Waals surface area contributed by atoms with Gasteiger partial charge in [0.25, 0.3) is 0 Å². The monoisotopic (exact) mass is 326 g/mol. The van der Waals surface area contributed by atoms with Gasteiger partial charge in [0, 0.05) is 22.8 Å². The largest absolute Gasteiger partial charge is 0.332 e. The van der Waals surface area contributed by atoms with E-state index in [0.29, 0.717) is 23.4 Å². The molecule has 114 valence electrons. The highest BCUT2D eigenvalue weighted by molar-refractivity contribution is 6.30. The van der Waals surface area contributed by atoms with Gasteiger partial charge in [-0.25, -0.2) is 9.50 Å². The third-order valence-electron chi connectivity index (χ3n) is 3.30. The number of fused-ring (bicyclic) bond motifs is 1. The van der Waals surface area contributed by atoms with E-state index in [2.05, 4.69) is 25.5 Å². The molecule has 4 rings (SSSR count). The van der Waals surface area contributed by atoms with Gasteiger partial charge in [-0.3, -0.25) is 0 Å². The Morgan fingerprint density at radius 2 is 2.13 bits per heavy atom. The molecular weight excluding hydrogens is 316 g/mol. The summed E-state index contributed by atoms with van der Waals surface area (Å²) in [6, 6.07) is 11.3. The van der Waals surface area contributed by atoms with Crippen LogP contribution in [-0.2, 0) is 6.54 Å². The summed E-state index contributed by atoms with van der Waals surface area (Å²) in [5, 5.41) is 11.9. The fraction of sp³-hybridized carbons (Fsp3) is 0.0667. The quantitative estimate of drug-likeness (QED) is 0.620. The fourth-order valence-corrected chi connectivity index (χ4v) is 2.42. The Balaban J connectivity index is 1.53. The zero-order chi connectivity index (χ0) is 15.6. The molecule has 0 saturated heterocycles. The first-order valence-corrected chi connectivity index (χ1v) is 7.28. The summed E-state index contributed by atoms with van der Waals surface area (Å²) in [6.07, 6.45) is 3.44. The number of benzene rings is 1. The molecule has 0 aliphatic heterocycles. The first kappa shape index (κ1) is 13.7. The number of hydrogen-bond acceptors (Lipinski definition) is 6. The zero-order valence-electron chi connectivity index (χ0n) is 11.8. The first-order valence-electron chi connectivity index (χ1n) is 6.91. The van der Waals surface area contributed by atoms with E-state index in [4.69, 9.17) is 16.1 Å². The summed E-state index contributed by atoms with van der Waals surface area (Å²) in [5.41, 5.74) is 2.52. The van der Waals surface area contributed by atoms with Crippen LogP contribution in [-0.4, -0.2) is 24.7 Å². The molecule has 7 nitrogen and oxygen atoms in total. The molecule has 0 saturated carbocycles. The molecule has 1 N–H and O–H groups in total. The Kier molecular flexibility index (Phi) is 3.39. The third kappa shape index (κ3) is 2.74. The molecule has 0 amide bonds. The number of rotatable bonds is 4. The molecule has 0 unspecified atom stereocenters. The van der Waals surface area contributed by atoms with E-state index in [1.165, 1.54) is 0 Å². The lowest BCUT2D eigenvalue weighted by atomic mass is 10.2. The van der Waals surface area contributed by atoms with E-state index < -0.39 is 0 Å². The molecule has 1 aromatic carbocycles. The minimum Gasteiger partial charge on any atom is -0.332 e. The number of aromatic nitrogens is 5. The average Bonchev–Trinajstić information content (AvgIpc) is 3.22. The van der Waals surface area contributed by atoms with Crippen molar-refractivity contribution in [2.24, 2.45) is 0 Å². The second-order valence-electron chi connectivity index (χ2n) is 4.82. The molecular formula is C15H11ClN6O. The van der Waals surface area contributed by atoms with Crippen LogP contribution in [0, 0.1) is 0 Å². The second-order valence-corrected chi connectivity index (χ2v) is 5.26. The number of anilines is 1. The molecule has 8 heteroatoms. The number of hydrogen-bond donors (Lipinski definition) is 1. The van der Waals surface area contributed by atoms with Crippen molar-refractivity contribution in [2.75, 3.05) is 5.32 Å². The van der Waals surface area contributed by atoms with Gasteiger partial charge in [-0.1, -0.05) is 28.9 Å². The topological polar surface area (TPSA) is 81.1 Å². The highest BCUT2D eigenvalue weighted by Crippen LogP contribution is 2.21. The average molecular weight is 327 g/mol. The SMILES string of the molecule is Clc1cccc(-c2noc(NCc3ccnc4ccnn34)n2)c1. The lowest BCUT2D eigenvalue weighted by molar-refractivity contribution is 0.431. The Bertz CT molecular complexity index is 963. The van der Waals surface area contributed by atoms with Gasteiger partial charge in [-0.15, -0.1) is 0 Å². The number of halogens is 1. The van der Waals surface area contributed by atoms with Crippen LogP contribution in [0.1, 0.15) is 5.69 Å². The van der Waals surface area contributed by atoms with Crippen LogP contribution in [0.3, 0.4) is 0 Å². The van der Waals surface area contributed by atoms with Gasteiger partial charge in [0.1, 0.15) is 0 Å². The summed E-state index contributed by atoms with van der Waals surface area (Å²) in [7, 11) is 0. The van der Waals surface area contributed by atoms with Crippen LogP contribution in [0.25, 0.3) is 17.0 Å².